The fraction of sp³-hybridized carbons (Fsp3) is 0.533. The van der Waals surface area contributed by atoms with E-state index < -0.39 is 0 Å². The van der Waals surface area contributed by atoms with Crippen molar-refractivity contribution in [3.8, 4) is 0 Å². The van der Waals surface area contributed by atoms with E-state index in [0.717, 1.165) is 36.0 Å². The first kappa shape index (κ1) is 16.0. The molecule has 0 heterocycles. The Labute approximate surface area is 123 Å². The lowest BCUT2D eigenvalue weighted by Gasteiger charge is -2.08. The number of unbranched alkanes of at least 4 members (excludes halogenated alkanes) is 2. The molecule has 0 saturated heterocycles. The summed E-state index contributed by atoms with van der Waals surface area (Å²) in [6, 6.07) is 6.26. The highest BCUT2D eigenvalue weighted by molar-refractivity contribution is 9.10. The number of carbonyl (C=O) groups excluding carboxylic acids is 1. The molecule has 1 rings (SSSR count). The van der Waals surface area contributed by atoms with E-state index in [0.29, 0.717) is 13.0 Å². The van der Waals surface area contributed by atoms with Gasteiger partial charge in [-0.2, -0.15) is 0 Å². The van der Waals surface area contributed by atoms with Crippen molar-refractivity contribution in [3.05, 3.63) is 28.2 Å². The third-order valence-electron chi connectivity index (χ3n) is 2.86. The molecule has 1 N–H and O–H groups in total. The first-order chi connectivity index (χ1) is 9.13. The van der Waals surface area contributed by atoms with E-state index in [1.54, 1.807) is 0 Å². The fourth-order valence-electron chi connectivity index (χ4n) is 1.74. The molecule has 0 unspecified atom stereocenters. The summed E-state index contributed by atoms with van der Waals surface area (Å²) in [5, 5.41) is 3.38. The van der Waals surface area contributed by atoms with Crippen LogP contribution in [-0.2, 0) is 9.53 Å². The molecule has 106 valence electrons. The quantitative estimate of drug-likeness (QED) is 0.571. The van der Waals surface area contributed by atoms with Crippen LogP contribution in [0.3, 0.4) is 0 Å². The second kappa shape index (κ2) is 8.97. The third-order valence-corrected chi connectivity index (χ3v) is 3.72. The van der Waals surface area contributed by atoms with Crippen molar-refractivity contribution in [3.63, 3.8) is 0 Å². The highest BCUT2D eigenvalue weighted by atomic mass is 79.9. The van der Waals surface area contributed by atoms with Crippen molar-refractivity contribution in [1.82, 2.24) is 0 Å². The Balaban J connectivity index is 2.10. The lowest BCUT2D eigenvalue weighted by Crippen LogP contribution is -2.05. The van der Waals surface area contributed by atoms with Crippen LogP contribution in [0.4, 0.5) is 5.69 Å². The molecule has 0 aliphatic heterocycles. The van der Waals surface area contributed by atoms with Crippen molar-refractivity contribution >= 4 is 27.6 Å². The smallest absolute Gasteiger partial charge is 0.305 e. The van der Waals surface area contributed by atoms with E-state index in [9.17, 15) is 4.79 Å². The van der Waals surface area contributed by atoms with Gasteiger partial charge >= 0.3 is 5.97 Å². The molecule has 0 atom stereocenters. The zero-order valence-electron chi connectivity index (χ0n) is 11.7. The Morgan fingerprint density at radius 3 is 2.79 bits per heavy atom. The summed E-state index contributed by atoms with van der Waals surface area (Å²) in [6.45, 7) is 5.31. The highest BCUT2D eigenvalue weighted by Gasteiger charge is 2.01. The Morgan fingerprint density at radius 2 is 2.11 bits per heavy atom. The van der Waals surface area contributed by atoms with Gasteiger partial charge in [0.05, 0.1) is 6.61 Å². The summed E-state index contributed by atoms with van der Waals surface area (Å²) in [4.78, 5) is 11.1. The summed E-state index contributed by atoms with van der Waals surface area (Å²) in [5.41, 5.74) is 2.36. The number of esters is 1. The maximum atomic E-state index is 11.1. The van der Waals surface area contributed by atoms with E-state index in [1.807, 2.05) is 6.92 Å². The second-order valence-corrected chi connectivity index (χ2v) is 5.36. The Kier molecular flexibility index (Phi) is 7.56. The van der Waals surface area contributed by atoms with Gasteiger partial charge in [0.25, 0.3) is 0 Å². The molecule has 1 aromatic carbocycles. The Hall–Kier alpha value is -1.03. The molecule has 0 fully saturated rings. The molecule has 0 radical (unpaired) electrons. The maximum absolute atomic E-state index is 11.1. The van der Waals surface area contributed by atoms with Crippen LogP contribution in [0.5, 0.6) is 0 Å². The number of ether oxygens (including phenoxy) is 1. The molecule has 3 nitrogen and oxygen atoms in total. The number of anilines is 1. The number of aryl methyl sites for hydroxylation is 1. The number of halogens is 1. The minimum absolute atomic E-state index is 0.0853. The van der Waals surface area contributed by atoms with E-state index in [1.165, 1.54) is 5.56 Å². The van der Waals surface area contributed by atoms with Crippen molar-refractivity contribution in [2.24, 2.45) is 0 Å². The zero-order chi connectivity index (χ0) is 14.1. The zero-order valence-corrected chi connectivity index (χ0v) is 13.3. The number of rotatable bonds is 8. The maximum Gasteiger partial charge on any atom is 0.305 e. The summed E-state index contributed by atoms with van der Waals surface area (Å²) >= 11 is 3.52. The SMILES string of the molecule is CCOC(=O)CCCCCNc1ccc(C)c(Br)c1. The van der Waals surface area contributed by atoms with Crippen molar-refractivity contribution in [2.45, 2.75) is 39.5 Å². The molecule has 0 spiro atoms. The normalized spacial score (nSPS) is 10.3. The second-order valence-electron chi connectivity index (χ2n) is 4.51. The Bertz CT molecular complexity index is 407. The molecule has 0 aliphatic carbocycles. The van der Waals surface area contributed by atoms with Gasteiger partial charge in [-0.25, -0.2) is 0 Å². The Morgan fingerprint density at radius 1 is 1.32 bits per heavy atom. The standard InChI is InChI=1S/C15H22BrNO2/c1-3-19-15(18)7-5-4-6-10-17-13-9-8-12(2)14(16)11-13/h8-9,11,17H,3-7,10H2,1-2H3. The summed E-state index contributed by atoms with van der Waals surface area (Å²) in [6.07, 6.45) is 3.53. The van der Waals surface area contributed by atoms with Crippen LogP contribution in [0.15, 0.2) is 22.7 Å². The molecule has 1 aromatic rings. The van der Waals surface area contributed by atoms with Gasteiger partial charge in [-0.15, -0.1) is 0 Å². The predicted octanol–water partition coefficient (Wildman–Crippen LogP) is 4.29. The van der Waals surface area contributed by atoms with Gasteiger partial charge < -0.3 is 10.1 Å². The van der Waals surface area contributed by atoms with E-state index >= 15 is 0 Å². The van der Waals surface area contributed by atoms with Crippen molar-refractivity contribution in [1.29, 1.82) is 0 Å². The number of nitrogens with one attached hydrogen (secondary N) is 1. The molecule has 0 aliphatic rings. The van der Waals surface area contributed by atoms with E-state index in [2.05, 4.69) is 46.4 Å². The monoisotopic (exact) mass is 327 g/mol. The predicted molar refractivity (Wildman–Crippen MR) is 82.5 cm³/mol. The van der Waals surface area contributed by atoms with Crippen LogP contribution < -0.4 is 5.32 Å². The first-order valence-corrected chi connectivity index (χ1v) is 7.58. The van der Waals surface area contributed by atoms with Crippen molar-refractivity contribution < 1.29 is 9.53 Å². The lowest BCUT2D eigenvalue weighted by atomic mass is 10.2. The topological polar surface area (TPSA) is 38.3 Å². The van der Waals surface area contributed by atoms with Gasteiger partial charge in [0.1, 0.15) is 0 Å². The van der Waals surface area contributed by atoms with Crippen molar-refractivity contribution in [2.75, 3.05) is 18.5 Å². The van der Waals surface area contributed by atoms with Gasteiger partial charge in [0.15, 0.2) is 0 Å². The molecule has 0 amide bonds. The molecule has 0 saturated carbocycles. The average molecular weight is 328 g/mol. The van der Waals surface area contributed by atoms with Crippen LogP contribution in [0.25, 0.3) is 0 Å². The van der Waals surface area contributed by atoms with Crippen LogP contribution in [0.1, 0.15) is 38.2 Å². The number of hydrogen-bond acceptors (Lipinski definition) is 3. The molecular weight excluding hydrogens is 306 g/mol. The number of benzene rings is 1. The van der Waals surface area contributed by atoms with Crippen LogP contribution in [0, 0.1) is 6.92 Å². The molecule has 19 heavy (non-hydrogen) atoms. The summed E-state index contributed by atoms with van der Waals surface area (Å²) < 4.78 is 6.01. The van der Waals surface area contributed by atoms with Crippen LogP contribution in [0.2, 0.25) is 0 Å². The molecule has 0 bridgehead atoms. The molecule has 4 heteroatoms. The summed E-state index contributed by atoms with van der Waals surface area (Å²) in [7, 11) is 0. The fourth-order valence-corrected chi connectivity index (χ4v) is 2.12. The minimum Gasteiger partial charge on any atom is -0.466 e. The lowest BCUT2D eigenvalue weighted by molar-refractivity contribution is -0.143. The number of hydrogen-bond donors (Lipinski definition) is 1. The van der Waals surface area contributed by atoms with E-state index in [-0.39, 0.29) is 5.97 Å². The van der Waals surface area contributed by atoms with Gasteiger partial charge in [-0.3, -0.25) is 4.79 Å². The minimum atomic E-state index is -0.0853. The van der Waals surface area contributed by atoms with Gasteiger partial charge in [0.2, 0.25) is 0 Å². The van der Waals surface area contributed by atoms with Crippen LogP contribution >= 0.6 is 15.9 Å². The molecular formula is C15H22BrNO2. The van der Waals surface area contributed by atoms with Gasteiger partial charge in [-0.05, 0) is 44.4 Å². The largest absolute Gasteiger partial charge is 0.466 e. The molecule has 0 aromatic heterocycles. The van der Waals surface area contributed by atoms with Crippen LogP contribution in [-0.4, -0.2) is 19.1 Å². The van der Waals surface area contributed by atoms with E-state index in [4.69, 9.17) is 4.74 Å². The first-order valence-electron chi connectivity index (χ1n) is 6.79. The van der Waals surface area contributed by atoms with Gasteiger partial charge in [0, 0.05) is 23.1 Å². The highest BCUT2D eigenvalue weighted by Crippen LogP contribution is 2.20. The number of carbonyl (C=O) groups is 1. The third kappa shape index (κ3) is 6.62. The van der Waals surface area contributed by atoms with Gasteiger partial charge in [-0.1, -0.05) is 28.4 Å². The summed E-state index contributed by atoms with van der Waals surface area (Å²) in [5.74, 6) is -0.0853. The average Bonchev–Trinajstić information content (AvgIpc) is 2.38.